The van der Waals surface area contributed by atoms with Crippen LogP contribution in [0.5, 0.6) is 0 Å². The van der Waals surface area contributed by atoms with Gasteiger partial charge in [-0.05, 0) is 44.2 Å². The van der Waals surface area contributed by atoms with Gasteiger partial charge in [0.15, 0.2) is 0 Å². The van der Waals surface area contributed by atoms with Gasteiger partial charge in [0.05, 0.1) is 6.61 Å². The van der Waals surface area contributed by atoms with E-state index in [1.165, 1.54) is 0 Å². The first-order chi connectivity index (χ1) is 11.9. The molecule has 0 aliphatic heterocycles. The second-order valence-electron chi connectivity index (χ2n) is 6.55. The van der Waals surface area contributed by atoms with Crippen LogP contribution < -0.4 is 5.32 Å². The van der Waals surface area contributed by atoms with Gasteiger partial charge >= 0.3 is 0 Å². The zero-order valence-corrected chi connectivity index (χ0v) is 15.2. The van der Waals surface area contributed by atoms with Crippen molar-refractivity contribution in [3.05, 3.63) is 76.9 Å². The molecule has 0 aromatic heterocycles. The molecule has 0 unspecified atom stereocenters. The van der Waals surface area contributed by atoms with Gasteiger partial charge < -0.3 is 10.4 Å². The summed E-state index contributed by atoms with van der Waals surface area (Å²) in [6.45, 7) is 9.39. The minimum absolute atomic E-state index is 0.106. The summed E-state index contributed by atoms with van der Waals surface area (Å²) >= 11 is 0. The summed E-state index contributed by atoms with van der Waals surface area (Å²) < 4.78 is 0. The van der Waals surface area contributed by atoms with Crippen molar-refractivity contribution in [3.8, 4) is 0 Å². The molecule has 2 aromatic rings. The maximum absolute atomic E-state index is 12.5. The Bertz CT molecular complexity index is 751. The zero-order chi connectivity index (χ0) is 18.4. The monoisotopic (exact) mass is 338 g/mol. The molecule has 4 heteroatoms. The second kappa shape index (κ2) is 8.60. The van der Waals surface area contributed by atoms with Crippen LogP contribution in [0.3, 0.4) is 0 Å². The first kappa shape index (κ1) is 18.9. The third kappa shape index (κ3) is 5.28. The van der Waals surface area contributed by atoms with Crippen molar-refractivity contribution in [2.24, 2.45) is 0 Å². The molecule has 4 nitrogen and oxygen atoms in total. The van der Waals surface area contributed by atoms with Gasteiger partial charge in [0.1, 0.15) is 0 Å². The molecule has 132 valence electrons. The Hall–Kier alpha value is -2.43. The SMILES string of the molecule is C=C(C)CN(C)Cc1ccc(C(=O)Nc2c(C)cccc2CO)cc1. The Balaban J connectivity index is 2.07. The van der Waals surface area contributed by atoms with E-state index in [1.807, 2.05) is 63.4 Å². The van der Waals surface area contributed by atoms with Crippen molar-refractivity contribution in [2.45, 2.75) is 27.0 Å². The molecule has 0 saturated carbocycles. The number of aliphatic hydroxyl groups excluding tert-OH is 1. The molecule has 2 rings (SSSR count). The minimum atomic E-state index is -0.175. The van der Waals surface area contributed by atoms with Gasteiger partial charge in [-0.25, -0.2) is 0 Å². The fourth-order valence-electron chi connectivity index (χ4n) is 2.81. The lowest BCUT2D eigenvalue weighted by molar-refractivity contribution is 0.102. The number of benzene rings is 2. The van der Waals surface area contributed by atoms with E-state index in [0.717, 1.165) is 29.8 Å². The fraction of sp³-hybridized carbons (Fsp3) is 0.286. The Morgan fingerprint density at radius 1 is 1.20 bits per heavy atom. The van der Waals surface area contributed by atoms with Crippen molar-refractivity contribution in [1.29, 1.82) is 0 Å². The Labute approximate surface area is 149 Å². The normalized spacial score (nSPS) is 10.8. The molecule has 2 aromatic carbocycles. The van der Waals surface area contributed by atoms with E-state index in [9.17, 15) is 9.90 Å². The van der Waals surface area contributed by atoms with Gasteiger partial charge in [0.2, 0.25) is 0 Å². The molecule has 0 atom stereocenters. The fourth-order valence-corrected chi connectivity index (χ4v) is 2.81. The van der Waals surface area contributed by atoms with E-state index in [1.54, 1.807) is 0 Å². The van der Waals surface area contributed by atoms with Crippen molar-refractivity contribution in [1.82, 2.24) is 4.90 Å². The van der Waals surface area contributed by atoms with Gasteiger partial charge in [0.25, 0.3) is 5.91 Å². The molecule has 0 radical (unpaired) electrons. The van der Waals surface area contributed by atoms with E-state index in [2.05, 4.69) is 16.8 Å². The van der Waals surface area contributed by atoms with E-state index in [0.29, 0.717) is 16.8 Å². The number of aryl methyl sites for hydroxylation is 1. The third-order valence-corrected chi connectivity index (χ3v) is 3.98. The predicted molar refractivity (Wildman–Crippen MR) is 103 cm³/mol. The van der Waals surface area contributed by atoms with Gasteiger partial charge in [-0.3, -0.25) is 9.69 Å². The van der Waals surface area contributed by atoms with Crippen LogP contribution in [0, 0.1) is 6.92 Å². The Kier molecular flexibility index (Phi) is 6.51. The third-order valence-electron chi connectivity index (χ3n) is 3.98. The minimum Gasteiger partial charge on any atom is -0.392 e. The molecule has 0 bridgehead atoms. The molecule has 0 saturated heterocycles. The largest absolute Gasteiger partial charge is 0.392 e. The number of nitrogens with one attached hydrogen (secondary N) is 1. The molecule has 0 aliphatic carbocycles. The van der Waals surface area contributed by atoms with Crippen LogP contribution in [0.15, 0.2) is 54.6 Å². The van der Waals surface area contributed by atoms with Crippen LogP contribution in [0.1, 0.15) is 34.0 Å². The highest BCUT2D eigenvalue weighted by Gasteiger charge is 2.11. The topological polar surface area (TPSA) is 52.6 Å². The van der Waals surface area contributed by atoms with Crippen molar-refractivity contribution in [2.75, 3.05) is 18.9 Å². The van der Waals surface area contributed by atoms with E-state index in [4.69, 9.17) is 0 Å². The molecule has 0 fully saturated rings. The van der Waals surface area contributed by atoms with Gasteiger partial charge in [0, 0.05) is 29.9 Å². The smallest absolute Gasteiger partial charge is 0.255 e. The highest BCUT2D eigenvalue weighted by molar-refractivity contribution is 6.05. The van der Waals surface area contributed by atoms with Crippen LogP contribution >= 0.6 is 0 Å². The molecular weight excluding hydrogens is 312 g/mol. The average molecular weight is 338 g/mol. The number of rotatable bonds is 7. The number of para-hydroxylation sites is 1. The van der Waals surface area contributed by atoms with Crippen LogP contribution in [0.4, 0.5) is 5.69 Å². The molecule has 1 amide bonds. The lowest BCUT2D eigenvalue weighted by atomic mass is 10.1. The molecular formula is C21H26N2O2. The summed E-state index contributed by atoms with van der Waals surface area (Å²) in [6.07, 6.45) is 0. The number of hydrogen-bond acceptors (Lipinski definition) is 3. The number of anilines is 1. The maximum Gasteiger partial charge on any atom is 0.255 e. The van der Waals surface area contributed by atoms with Crippen LogP contribution in [-0.4, -0.2) is 29.5 Å². The highest BCUT2D eigenvalue weighted by Crippen LogP contribution is 2.21. The van der Waals surface area contributed by atoms with Crippen molar-refractivity contribution < 1.29 is 9.90 Å². The number of amides is 1. The number of nitrogens with zero attached hydrogens (tertiary/aromatic N) is 1. The van der Waals surface area contributed by atoms with Crippen LogP contribution in [-0.2, 0) is 13.2 Å². The average Bonchev–Trinajstić information content (AvgIpc) is 2.56. The number of hydrogen-bond donors (Lipinski definition) is 2. The van der Waals surface area contributed by atoms with Crippen LogP contribution in [0.25, 0.3) is 0 Å². The molecule has 0 aliphatic rings. The molecule has 0 spiro atoms. The number of carbonyl (C=O) groups excluding carboxylic acids is 1. The Morgan fingerprint density at radius 2 is 1.88 bits per heavy atom. The zero-order valence-electron chi connectivity index (χ0n) is 15.2. The van der Waals surface area contributed by atoms with E-state index in [-0.39, 0.29) is 12.5 Å². The summed E-state index contributed by atoms with van der Waals surface area (Å²) in [5.74, 6) is -0.175. The van der Waals surface area contributed by atoms with Crippen molar-refractivity contribution >= 4 is 11.6 Å². The maximum atomic E-state index is 12.5. The Morgan fingerprint density at radius 3 is 2.48 bits per heavy atom. The summed E-state index contributed by atoms with van der Waals surface area (Å²) in [6, 6.07) is 13.2. The summed E-state index contributed by atoms with van der Waals surface area (Å²) in [7, 11) is 2.05. The summed E-state index contributed by atoms with van der Waals surface area (Å²) in [5.41, 5.74) is 5.19. The van der Waals surface area contributed by atoms with E-state index < -0.39 is 0 Å². The molecule has 2 N–H and O–H groups in total. The van der Waals surface area contributed by atoms with E-state index >= 15 is 0 Å². The standard InChI is InChI=1S/C21H26N2O2/c1-15(2)12-23(4)13-17-8-10-18(11-9-17)21(25)22-20-16(3)6-5-7-19(20)14-24/h5-11,24H,1,12-14H2,2-4H3,(H,22,25). The summed E-state index contributed by atoms with van der Waals surface area (Å²) in [5, 5.41) is 12.4. The number of likely N-dealkylation sites (N-methyl/N-ethyl adjacent to an activating group) is 1. The first-order valence-corrected chi connectivity index (χ1v) is 8.33. The van der Waals surface area contributed by atoms with Crippen molar-refractivity contribution in [3.63, 3.8) is 0 Å². The number of aliphatic hydroxyl groups is 1. The van der Waals surface area contributed by atoms with Gasteiger partial charge in [-0.1, -0.05) is 42.5 Å². The van der Waals surface area contributed by atoms with Gasteiger partial charge in [-0.15, -0.1) is 0 Å². The molecule has 25 heavy (non-hydrogen) atoms. The molecule has 0 heterocycles. The first-order valence-electron chi connectivity index (χ1n) is 8.33. The summed E-state index contributed by atoms with van der Waals surface area (Å²) in [4.78, 5) is 14.7. The quantitative estimate of drug-likeness (QED) is 0.756. The lowest BCUT2D eigenvalue weighted by Gasteiger charge is -2.17. The van der Waals surface area contributed by atoms with Crippen LogP contribution in [0.2, 0.25) is 0 Å². The highest BCUT2D eigenvalue weighted by atomic mass is 16.3. The lowest BCUT2D eigenvalue weighted by Crippen LogP contribution is -2.19. The second-order valence-corrected chi connectivity index (χ2v) is 6.55. The predicted octanol–water partition coefficient (Wildman–Crippen LogP) is 3.75. The number of carbonyl (C=O) groups is 1. The van der Waals surface area contributed by atoms with Gasteiger partial charge in [-0.2, -0.15) is 0 Å².